The Bertz CT molecular complexity index is 1150. The third-order valence-electron chi connectivity index (χ3n) is 4.59. The Hall–Kier alpha value is -3.29. The van der Waals surface area contributed by atoms with Crippen LogP contribution in [0.4, 0.5) is 8.78 Å². The van der Waals surface area contributed by atoms with Crippen molar-refractivity contribution in [3.8, 4) is 16.9 Å². The molecule has 0 spiro atoms. The zero-order chi connectivity index (χ0) is 22.1. The third kappa shape index (κ3) is 4.82. The first-order chi connectivity index (χ1) is 14.0. The Morgan fingerprint density at radius 2 is 1.93 bits per heavy atom. The average molecular weight is 416 g/mol. The molecule has 3 aromatic rings. The lowest BCUT2D eigenvalue weighted by atomic mass is 9.91. The lowest BCUT2D eigenvalue weighted by Gasteiger charge is -2.18. The second kappa shape index (κ2) is 8.22. The Balaban J connectivity index is 2.19. The summed E-state index contributed by atoms with van der Waals surface area (Å²) < 4.78 is 29.6. The van der Waals surface area contributed by atoms with Crippen molar-refractivity contribution in [1.82, 2.24) is 9.97 Å². The van der Waals surface area contributed by atoms with Crippen LogP contribution >= 0.6 is 0 Å². The van der Waals surface area contributed by atoms with Crippen LogP contribution in [0.1, 0.15) is 38.4 Å². The van der Waals surface area contributed by atoms with Crippen LogP contribution in [-0.2, 0) is 16.6 Å². The van der Waals surface area contributed by atoms with Gasteiger partial charge in [0.1, 0.15) is 11.4 Å². The number of aromatic nitrogens is 2. The predicted molar refractivity (Wildman–Crippen MR) is 109 cm³/mol. The third-order valence-corrected chi connectivity index (χ3v) is 4.59. The molecule has 2 N–H and O–H groups in total. The molecule has 0 aliphatic rings. The molecule has 6 nitrogen and oxygen atoms in total. The maximum Gasteiger partial charge on any atom is 0.387 e. The van der Waals surface area contributed by atoms with E-state index in [-0.39, 0.29) is 24.2 Å². The quantitative estimate of drug-likeness (QED) is 0.617. The van der Waals surface area contributed by atoms with Crippen LogP contribution in [0.2, 0.25) is 0 Å². The summed E-state index contributed by atoms with van der Waals surface area (Å²) in [5.41, 5.74) is 2.36. The van der Waals surface area contributed by atoms with E-state index >= 15 is 0 Å². The number of carboxylic acid groups (broad SMARTS) is 1. The summed E-state index contributed by atoms with van der Waals surface area (Å²) in [6.07, 6.45) is 0.0915. The largest absolute Gasteiger partial charge is 0.481 e. The molecule has 0 atom stereocenters. The van der Waals surface area contributed by atoms with E-state index in [1.165, 1.54) is 12.1 Å². The fourth-order valence-corrected chi connectivity index (χ4v) is 3.22. The SMILES string of the molecule is CC(C)(C)c1nc2c(CCC(=O)O)cc(-c3cccc(OC(F)F)c3)cc2[nH]c1=O. The molecule has 0 bridgehead atoms. The summed E-state index contributed by atoms with van der Waals surface area (Å²) in [6.45, 7) is 2.67. The van der Waals surface area contributed by atoms with Crippen LogP contribution in [0, 0.1) is 0 Å². The number of hydrogen-bond acceptors (Lipinski definition) is 4. The van der Waals surface area contributed by atoms with Crippen LogP contribution in [0.15, 0.2) is 41.2 Å². The van der Waals surface area contributed by atoms with Crippen LogP contribution in [-0.4, -0.2) is 27.7 Å². The van der Waals surface area contributed by atoms with E-state index in [9.17, 15) is 18.4 Å². The van der Waals surface area contributed by atoms with Crippen molar-refractivity contribution in [2.75, 3.05) is 0 Å². The summed E-state index contributed by atoms with van der Waals surface area (Å²) in [4.78, 5) is 31.1. The standard InChI is InChI=1S/C22H22F2N2O4/c1-22(2,3)19-20(29)25-16-11-14(9-13(18(16)26-19)7-8-17(27)28)12-5-4-6-15(10-12)30-21(23)24/h4-6,9-11,21H,7-8H2,1-3H3,(H,25,29)(H,27,28). The number of hydrogen-bond donors (Lipinski definition) is 2. The van der Waals surface area contributed by atoms with Gasteiger partial charge in [-0.2, -0.15) is 8.78 Å². The topological polar surface area (TPSA) is 92.3 Å². The highest BCUT2D eigenvalue weighted by Gasteiger charge is 2.22. The monoisotopic (exact) mass is 416 g/mol. The number of carbonyl (C=O) groups is 1. The maximum atomic E-state index is 12.6. The molecule has 0 saturated heterocycles. The lowest BCUT2D eigenvalue weighted by Crippen LogP contribution is -2.26. The first-order valence-electron chi connectivity index (χ1n) is 9.39. The molecule has 1 aromatic heterocycles. The van der Waals surface area contributed by atoms with Gasteiger partial charge in [0.05, 0.1) is 11.0 Å². The molecule has 1 heterocycles. The van der Waals surface area contributed by atoms with E-state index in [2.05, 4.69) is 14.7 Å². The van der Waals surface area contributed by atoms with Gasteiger partial charge in [-0.15, -0.1) is 0 Å². The van der Waals surface area contributed by atoms with E-state index in [4.69, 9.17) is 5.11 Å². The van der Waals surface area contributed by atoms with Gasteiger partial charge >= 0.3 is 12.6 Å². The number of nitrogens with one attached hydrogen (secondary N) is 1. The van der Waals surface area contributed by atoms with Gasteiger partial charge in [-0.25, -0.2) is 4.98 Å². The molecule has 0 radical (unpaired) electrons. The number of aliphatic carboxylic acids is 1. The van der Waals surface area contributed by atoms with Gasteiger partial charge in [0, 0.05) is 11.8 Å². The molecule has 0 aliphatic heterocycles. The summed E-state index contributed by atoms with van der Waals surface area (Å²) in [5.74, 6) is -0.953. The van der Waals surface area contributed by atoms with E-state index in [1.807, 2.05) is 20.8 Å². The highest BCUT2D eigenvalue weighted by molar-refractivity contribution is 5.85. The minimum Gasteiger partial charge on any atom is -0.481 e. The smallest absolute Gasteiger partial charge is 0.387 e. The normalized spacial score (nSPS) is 11.8. The van der Waals surface area contributed by atoms with Gasteiger partial charge in [0.2, 0.25) is 0 Å². The minimum atomic E-state index is -2.95. The molecule has 30 heavy (non-hydrogen) atoms. The summed E-state index contributed by atoms with van der Waals surface area (Å²) in [6, 6.07) is 9.64. The number of aromatic amines is 1. The van der Waals surface area contributed by atoms with Gasteiger partial charge in [-0.1, -0.05) is 32.9 Å². The van der Waals surface area contributed by atoms with Crippen LogP contribution in [0.25, 0.3) is 22.2 Å². The fraction of sp³-hybridized carbons (Fsp3) is 0.318. The number of nitrogens with zero attached hydrogens (tertiary/aromatic N) is 1. The number of carboxylic acids is 1. The van der Waals surface area contributed by atoms with E-state index in [0.717, 1.165) is 0 Å². The van der Waals surface area contributed by atoms with Crippen molar-refractivity contribution in [1.29, 1.82) is 0 Å². The van der Waals surface area contributed by atoms with Gasteiger partial charge in [0.25, 0.3) is 5.56 Å². The molecule has 2 aromatic carbocycles. The van der Waals surface area contributed by atoms with Crippen LogP contribution in [0.5, 0.6) is 5.75 Å². The fourth-order valence-electron chi connectivity index (χ4n) is 3.22. The van der Waals surface area contributed by atoms with Crippen molar-refractivity contribution < 1.29 is 23.4 Å². The Labute approximate surface area is 171 Å². The molecule has 0 fully saturated rings. The molecule has 0 amide bonds. The second-order valence-corrected chi connectivity index (χ2v) is 8.00. The molecule has 158 valence electrons. The number of rotatable bonds is 6. The number of H-pyrrole nitrogens is 1. The van der Waals surface area contributed by atoms with Crippen molar-refractivity contribution in [2.24, 2.45) is 0 Å². The number of benzene rings is 2. The van der Waals surface area contributed by atoms with Gasteiger partial charge in [-0.05, 0) is 47.4 Å². The Kier molecular flexibility index (Phi) is 5.87. The Morgan fingerprint density at radius 3 is 2.57 bits per heavy atom. The van der Waals surface area contributed by atoms with Gasteiger partial charge in [-0.3, -0.25) is 9.59 Å². The predicted octanol–water partition coefficient (Wildman–Crippen LogP) is 4.51. The van der Waals surface area contributed by atoms with E-state index in [1.54, 1.807) is 24.3 Å². The van der Waals surface area contributed by atoms with Crippen molar-refractivity contribution >= 4 is 17.0 Å². The van der Waals surface area contributed by atoms with Crippen molar-refractivity contribution in [2.45, 2.75) is 45.6 Å². The summed E-state index contributed by atoms with van der Waals surface area (Å²) >= 11 is 0. The van der Waals surface area contributed by atoms with Crippen molar-refractivity contribution in [3.05, 3.63) is 58.0 Å². The van der Waals surface area contributed by atoms with Crippen LogP contribution in [0.3, 0.4) is 0 Å². The molecule has 0 unspecified atom stereocenters. The number of halogens is 2. The highest BCUT2D eigenvalue weighted by Crippen LogP contribution is 2.30. The first kappa shape index (κ1) is 21.4. The van der Waals surface area contributed by atoms with Gasteiger partial charge in [0.15, 0.2) is 0 Å². The molecule has 8 heteroatoms. The lowest BCUT2D eigenvalue weighted by molar-refractivity contribution is -0.136. The number of alkyl halides is 2. The van der Waals surface area contributed by atoms with Crippen molar-refractivity contribution in [3.63, 3.8) is 0 Å². The van der Waals surface area contributed by atoms with Crippen LogP contribution < -0.4 is 10.3 Å². The van der Waals surface area contributed by atoms with E-state index < -0.39 is 18.0 Å². The minimum absolute atomic E-state index is 0.00406. The molecule has 0 saturated carbocycles. The Morgan fingerprint density at radius 1 is 1.20 bits per heavy atom. The zero-order valence-electron chi connectivity index (χ0n) is 16.8. The van der Waals surface area contributed by atoms with E-state index in [0.29, 0.717) is 33.4 Å². The summed E-state index contributed by atoms with van der Waals surface area (Å²) in [7, 11) is 0. The maximum absolute atomic E-state index is 12.6. The second-order valence-electron chi connectivity index (χ2n) is 8.00. The summed E-state index contributed by atoms with van der Waals surface area (Å²) in [5, 5.41) is 9.12. The number of aryl methyl sites for hydroxylation is 1. The highest BCUT2D eigenvalue weighted by atomic mass is 19.3. The molecular formula is C22H22F2N2O4. The first-order valence-corrected chi connectivity index (χ1v) is 9.39. The number of fused-ring (bicyclic) bond motifs is 1. The average Bonchev–Trinajstić information content (AvgIpc) is 2.64. The molecule has 3 rings (SSSR count). The molecule has 0 aliphatic carbocycles. The number of ether oxygens (including phenoxy) is 1. The zero-order valence-corrected chi connectivity index (χ0v) is 16.8. The van der Waals surface area contributed by atoms with Gasteiger partial charge < -0.3 is 14.8 Å². The molecular weight excluding hydrogens is 394 g/mol.